The average molecular weight is 487 g/mol. The van der Waals surface area contributed by atoms with Crippen LogP contribution in [0.1, 0.15) is 56.8 Å². The molecule has 1 amide bonds. The topological polar surface area (TPSA) is 112 Å². The molecule has 0 bridgehead atoms. The van der Waals surface area contributed by atoms with E-state index < -0.39 is 0 Å². The van der Waals surface area contributed by atoms with Crippen molar-refractivity contribution in [2.75, 3.05) is 6.61 Å². The molecule has 1 aliphatic carbocycles. The van der Waals surface area contributed by atoms with Crippen molar-refractivity contribution < 1.29 is 19.2 Å². The van der Waals surface area contributed by atoms with Crippen LogP contribution in [0.25, 0.3) is 22.8 Å². The zero-order valence-electron chi connectivity index (χ0n) is 20.9. The van der Waals surface area contributed by atoms with Crippen molar-refractivity contribution in [1.29, 1.82) is 5.26 Å². The Hall–Kier alpha value is -3.70. The van der Waals surface area contributed by atoms with E-state index in [9.17, 15) is 15.2 Å². The number of likely N-dealkylation sites (tertiary alicyclic amines) is 1. The molecule has 2 aromatic carbocycles. The first-order valence-corrected chi connectivity index (χ1v) is 12.4. The predicted molar refractivity (Wildman–Crippen MR) is 133 cm³/mol. The average Bonchev–Trinajstić information content (AvgIpc) is 3.54. The van der Waals surface area contributed by atoms with E-state index in [1.54, 1.807) is 18.2 Å². The molecule has 2 aliphatic rings. The lowest BCUT2D eigenvalue weighted by atomic mass is 9.97. The van der Waals surface area contributed by atoms with E-state index in [0.717, 1.165) is 23.1 Å². The monoisotopic (exact) mass is 486 g/mol. The van der Waals surface area contributed by atoms with Gasteiger partial charge in [-0.15, -0.1) is 0 Å². The summed E-state index contributed by atoms with van der Waals surface area (Å²) in [7, 11) is 0. The lowest BCUT2D eigenvalue weighted by molar-refractivity contribution is -0.133. The van der Waals surface area contributed by atoms with Gasteiger partial charge in [0.1, 0.15) is 11.8 Å². The maximum absolute atomic E-state index is 12.9. The lowest BCUT2D eigenvalue weighted by Crippen LogP contribution is -2.43. The number of aromatic nitrogens is 2. The highest BCUT2D eigenvalue weighted by atomic mass is 16.5. The Morgan fingerprint density at radius 2 is 2.03 bits per heavy atom. The van der Waals surface area contributed by atoms with E-state index in [4.69, 9.17) is 9.26 Å². The highest BCUT2D eigenvalue weighted by Gasteiger charge is 2.49. The minimum atomic E-state index is -0.212. The first-order valence-electron chi connectivity index (χ1n) is 12.4. The summed E-state index contributed by atoms with van der Waals surface area (Å²) in [6, 6.07) is 13.2. The molecular weight excluding hydrogens is 456 g/mol. The zero-order valence-corrected chi connectivity index (χ0v) is 20.9. The number of rotatable bonds is 7. The van der Waals surface area contributed by atoms with E-state index >= 15 is 0 Å². The molecule has 2 heterocycles. The number of nitrogens with zero attached hydrogens (tertiary/aromatic N) is 4. The third kappa shape index (κ3) is 4.03. The Bertz CT molecular complexity index is 1340. The fraction of sp³-hybridized carbons (Fsp3) is 0.429. The first-order chi connectivity index (χ1) is 17.3. The summed E-state index contributed by atoms with van der Waals surface area (Å²) >= 11 is 0. The second-order valence-electron chi connectivity index (χ2n) is 10.2. The number of hydrogen-bond acceptors (Lipinski definition) is 7. The standard InChI is InChI=1S/C28H30N4O4/c1-15(2)23(14-33)32-25(34)12-18-11-22-20(26(18)32)6-5-7-21(22)27-30-28(36-31-27)17-8-9-24(35-16(3)4)19(10-17)13-29/h5-10,15-16,18,23,26,33H,11-12,14H2,1-4H3/t18?,23-,26?/m0/s1. The Morgan fingerprint density at radius 3 is 2.72 bits per heavy atom. The summed E-state index contributed by atoms with van der Waals surface area (Å²) in [4.78, 5) is 19.4. The smallest absolute Gasteiger partial charge is 0.258 e. The zero-order chi connectivity index (χ0) is 25.6. The van der Waals surface area contributed by atoms with Crippen molar-refractivity contribution in [1.82, 2.24) is 15.0 Å². The molecule has 3 atom stereocenters. The van der Waals surface area contributed by atoms with Gasteiger partial charge in [0.25, 0.3) is 5.89 Å². The summed E-state index contributed by atoms with van der Waals surface area (Å²) in [6.45, 7) is 7.84. The molecule has 0 radical (unpaired) electrons. The van der Waals surface area contributed by atoms with Crippen LogP contribution in [0.2, 0.25) is 0 Å². The van der Waals surface area contributed by atoms with Crippen LogP contribution in [-0.4, -0.2) is 44.8 Å². The van der Waals surface area contributed by atoms with E-state index in [-0.39, 0.29) is 42.5 Å². The van der Waals surface area contributed by atoms with Crippen molar-refractivity contribution in [2.24, 2.45) is 11.8 Å². The normalized spacial score (nSPS) is 19.5. The summed E-state index contributed by atoms with van der Waals surface area (Å²) in [5, 5.41) is 23.8. The largest absolute Gasteiger partial charge is 0.490 e. The number of ether oxygens (including phenoxy) is 1. The van der Waals surface area contributed by atoms with Gasteiger partial charge in [0.15, 0.2) is 0 Å². The minimum Gasteiger partial charge on any atom is -0.490 e. The Labute approximate surface area is 210 Å². The van der Waals surface area contributed by atoms with Crippen LogP contribution in [-0.2, 0) is 11.2 Å². The van der Waals surface area contributed by atoms with E-state index in [1.807, 2.05) is 44.7 Å². The predicted octanol–water partition coefficient (Wildman–Crippen LogP) is 4.53. The minimum absolute atomic E-state index is 0.0444. The van der Waals surface area contributed by atoms with Crippen LogP contribution in [0.3, 0.4) is 0 Å². The second kappa shape index (κ2) is 9.40. The van der Waals surface area contributed by atoms with Crippen LogP contribution in [0.4, 0.5) is 0 Å². The number of fused-ring (bicyclic) bond motifs is 3. The van der Waals surface area contributed by atoms with Gasteiger partial charge < -0.3 is 19.3 Å². The number of amides is 1. The molecule has 5 rings (SSSR count). The Kier molecular flexibility index (Phi) is 6.27. The summed E-state index contributed by atoms with van der Waals surface area (Å²) in [6.07, 6.45) is 1.18. The Morgan fingerprint density at radius 1 is 1.22 bits per heavy atom. The van der Waals surface area contributed by atoms with Crippen molar-refractivity contribution in [3.8, 4) is 34.7 Å². The van der Waals surface area contributed by atoms with Crippen molar-refractivity contribution >= 4 is 5.91 Å². The molecule has 8 heteroatoms. The lowest BCUT2D eigenvalue weighted by Gasteiger charge is -2.35. The fourth-order valence-electron chi connectivity index (χ4n) is 5.56. The van der Waals surface area contributed by atoms with Crippen molar-refractivity contribution in [2.45, 2.75) is 58.7 Å². The number of carbonyl (C=O) groups is 1. The molecule has 0 spiro atoms. The maximum Gasteiger partial charge on any atom is 0.258 e. The third-order valence-corrected chi connectivity index (χ3v) is 7.16. The fourth-order valence-corrected chi connectivity index (χ4v) is 5.56. The number of benzene rings is 2. The molecule has 1 aromatic heterocycles. The van der Waals surface area contributed by atoms with E-state index in [0.29, 0.717) is 35.0 Å². The van der Waals surface area contributed by atoms with Crippen molar-refractivity contribution in [3.63, 3.8) is 0 Å². The number of carbonyl (C=O) groups excluding carboxylic acids is 1. The number of aliphatic hydroxyl groups is 1. The molecular formula is C28H30N4O4. The second-order valence-corrected chi connectivity index (χ2v) is 10.2. The van der Waals surface area contributed by atoms with Gasteiger partial charge in [0.2, 0.25) is 11.7 Å². The molecule has 1 N–H and O–H groups in total. The van der Waals surface area contributed by atoms with E-state index in [1.165, 1.54) is 0 Å². The third-order valence-electron chi connectivity index (χ3n) is 7.16. The first kappa shape index (κ1) is 24.0. The molecule has 8 nitrogen and oxygen atoms in total. The molecule has 36 heavy (non-hydrogen) atoms. The molecule has 186 valence electrons. The van der Waals surface area contributed by atoms with Crippen molar-refractivity contribution in [3.05, 3.63) is 53.1 Å². The maximum atomic E-state index is 12.9. The van der Waals surface area contributed by atoms with Gasteiger partial charge in [0.05, 0.1) is 30.4 Å². The van der Waals surface area contributed by atoms with Gasteiger partial charge in [-0.1, -0.05) is 37.2 Å². The molecule has 0 saturated carbocycles. The van der Waals surface area contributed by atoms with Gasteiger partial charge in [-0.2, -0.15) is 10.2 Å². The van der Waals surface area contributed by atoms with E-state index in [2.05, 4.69) is 22.3 Å². The SMILES string of the molecule is CC(C)Oc1ccc(-c2nc(-c3cccc4c3CC3CC(=O)N([C@@H](CO)C(C)C)C43)no2)cc1C#N. The van der Waals surface area contributed by atoms with Gasteiger partial charge >= 0.3 is 0 Å². The van der Waals surface area contributed by atoms with Crippen LogP contribution in [0.5, 0.6) is 5.75 Å². The van der Waals surface area contributed by atoms with Crippen LogP contribution < -0.4 is 4.74 Å². The number of aliphatic hydroxyl groups excluding tert-OH is 1. The summed E-state index contributed by atoms with van der Waals surface area (Å²) in [5.41, 5.74) is 4.15. The van der Waals surface area contributed by atoms with Gasteiger partial charge in [-0.3, -0.25) is 4.79 Å². The molecule has 1 aliphatic heterocycles. The quantitative estimate of drug-likeness (QED) is 0.522. The highest BCUT2D eigenvalue weighted by Crippen LogP contribution is 2.50. The van der Waals surface area contributed by atoms with Gasteiger partial charge in [-0.05, 0) is 61.4 Å². The van der Waals surface area contributed by atoms with Gasteiger partial charge in [-0.25, -0.2) is 0 Å². The summed E-state index contributed by atoms with van der Waals surface area (Å²) < 4.78 is 11.3. The molecule has 3 aromatic rings. The molecule has 1 fully saturated rings. The molecule has 1 saturated heterocycles. The van der Waals surface area contributed by atoms with Crippen LogP contribution in [0.15, 0.2) is 40.9 Å². The van der Waals surface area contributed by atoms with Crippen LogP contribution in [0, 0.1) is 23.2 Å². The summed E-state index contributed by atoms with van der Waals surface area (Å²) in [5.74, 6) is 1.74. The number of nitriles is 1. The Balaban J connectivity index is 1.48. The molecule has 2 unspecified atom stereocenters. The van der Waals surface area contributed by atoms with Gasteiger partial charge in [0, 0.05) is 17.5 Å². The highest BCUT2D eigenvalue weighted by molar-refractivity contribution is 5.82. The number of hydrogen-bond donors (Lipinski definition) is 1. The van der Waals surface area contributed by atoms with Crippen LogP contribution >= 0.6 is 0 Å².